The highest BCUT2D eigenvalue weighted by Crippen LogP contribution is 2.32. The van der Waals surface area contributed by atoms with Crippen LogP contribution < -0.4 is 0 Å². The molecule has 6 nitrogen and oxygen atoms in total. The molecule has 0 aliphatic carbocycles. The minimum absolute atomic E-state index is 0.113. The van der Waals surface area contributed by atoms with E-state index < -0.39 is 11.9 Å². The van der Waals surface area contributed by atoms with Crippen molar-refractivity contribution in [2.75, 3.05) is 26.3 Å². The summed E-state index contributed by atoms with van der Waals surface area (Å²) in [7, 11) is 0. The van der Waals surface area contributed by atoms with Crippen LogP contribution in [-0.2, 0) is 19.1 Å². The predicted molar refractivity (Wildman–Crippen MR) is 82.9 cm³/mol. The Labute approximate surface area is 139 Å². The molecular weight excluding hydrogens is 315 g/mol. The summed E-state index contributed by atoms with van der Waals surface area (Å²) in [6.45, 7) is 2.35. The van der Waals surface area contributed by atoms with Gasteiger partial charge in [-0.1, -0.05) is 23.4 Å². The van der Waals surface area contributed by atoms with Crippen LogP contribution in [0.5, 0.6) is 0 Å². The number of carbonyl (C=O) groups excluding carboxylic acids is 1. The molecule has 2 fully saturated rings. The van der Waals surface area contributed by atoms with Crippen molar-refractivity contribution in [3.63, 3.8) is 0 Å². The number of carbonyl (C=O) groups is 1. The Bertz CT molecular complexity index is 662. The third-order valence-corrected chi connectivity index (χ3v) is 4.78. The van der Waals surface area contributed by atoms with Crippen LogP contribution in [0.1, 0.15) is 24.8 Å². The maximum atomic E-state index is 13.8. The van der Waals surface area contributed by atoms with E-state index in [4.69, 9.17) is 14.3 Å². The van der Waals surface area contributed by atoms with Gasteiger partial charge in [0.2, 0.25) is 6.10 Å². The van der Waals surface area contributed by atoms with E-state index in [0.29, 0.717) is 50.4 Å². The van der Waals surface area contributed by atoms with Crippen LogP contribution in [0.3, 0.4) is 0 Å². The van der Waals surface area contributed by atoms with Crippen molar-refractivity contribution >= 4 is 11.6 Å². The van der Waals surface area contributed by atoms with Gasteiger partial charge in [-0.15, -0.1) is 0 Å². The largest absolute Gasteiger partial charge is 0.382 e. The lowest BCUT2D eigenvalue weighted by molar-refractivity contribution is -0.189. The van der Waals surface area contributed by atoms with Crippen LogP contribution in [0.2, 0.25) is 0 Å². The SMILES string of the molecule is O=C([C@H]1CC(c2ccccc2F)=NO1)N1CCC2(CC1)OCCO2. The number of hydrogen-bond acceptors (Lipinski definition) is 5. The van der Waals surface area contributed by atoms with Crippen LogP contribution in [0.15, 0.2) is 29.4 Å². The van der Waals surface area contributed by atoms with E-state index in [1.165, 1.54) is 6.07 Å². The van der Waals surface area contributed by atoms with Gasteiger partial charge in [-0.05, 0) is 6.07 Å². The minimum Gasteiger partial charge on any atom is -0.382 e. The fourth-order valence-electron chi connectivity index (χ4n) is 3.42. The van der Waals surface area contributed by atoms with Gasteiger partial charge in [-0.25, -0.2) is 4.39 Å². The Kier molecular flexibility index (Phi) is 3.97. The van der Waals surface area contributed by atoms with Crippen molar-refractivity contribution in [2.45, 2.75) is 31.2 Å². The Hall–Kier alpha value is -1.99. The molecule has 1 aromatic carbocycles. The van der Waals surface area contributed by atoms with Gasteiger partial charge in [0.1, 0.15) is 5.82 Å². The molecule has 3 aliphatic rings. The molecule has 3 heterocycles. The number of piperidine rings is 1. The van der Waals surface area contributed by atoms with E-state index in [-0.39, 0.29) is 18.1 Å². The highest BCUT2D eigenvalue weighted by atomic mass is 19.1. The molecule has 1 amide bonds. The van der Waals surface area contributed by atoms with E-state index in [9.17, 15) is 9.18 Å². The van der Waals surface area contributed by atoms with Crippen molar-refractivity contribution < 1.29 is 23.5 Å². The summed E-state index contributed by atoms with van der Waals surface area (Å²) in [6, 6.07) is 6.37. The first kappa shape index (κ1) is 15.5. The number of nitrogens with zero attached hydrogens (tertiary/aromatic N) is 2. The van der Waals surface area contributed by atoms with Gasteiger partial charge < -0.3 is 19.2 Å². The lowest BCUT2D eigenvalue weighted by atomic mass is 10.0. The first-order valence-corrected chi connectivity index (χ1v) is 8.21. The number of hydrogen-bond donors (Lipinski definition) is 0. The molecule has 7 heteroatoms. The second-order valence-electron chi connectivity index (χ2n) is 6.25. The van der Waals surface area contributed by atoms with Crippen LogP contribution >= 0.6 is 0 Å². The Balaban J connectivity index is 1.36. The van der Waals surface area contributed by atoms with E-state index in [1.54, 1.807) is 23.1 Å². The fourth-order valence-corrected chi connectivity index (χ4v) is 3.42. The number of amides is 1. The molecule has 24 heavy (non-hydrogen) atoms. The molecule has 1 spiro atoms. The average molecular weight is 334 g/mol. The van der Waals surface area contributed by atoms with Crippen LogP contribution in [0.4, 0.5) is 4.39 Å². The molecule has 1 aromatic rings. The molecule has 4 rings (SSSR count). The van der Waals surface area contributed by atoms with Gasteiger partial charge >= 0.3 is 0 Å². The molecule has 3 aliphatic heterocycles. The second-order valence-corrected chi connectivity index (χ2v) is 6.25. The van der Waals surface area contributed by atoms with Crippen molar-refractivity contribution in [1.29, 1.82) is 0 Å². The van der Waals surface area contributed by atoms with E-state index in [1.807, 2.05) is 0 Å². The highest BCUT2D eigenvalue weighted by molar-refractivity contribution is 6.04. The van der Waals surface area contributed by atoms with Crippen molar-refractivity contribution in [3.05, 3.63) is 35.6 Å². The Morgan fingerprint density at radius 1 is 1.21 bits per heavy atom. The fraction of sp³-hybridized carbons (Fsp3) is 0.529. The number of ether oxygens (including phenoxy) is 2. The van der Waals surface area contributed by atoms with Crippen LogP contribution in [0.25, 0.3) is 0 Å². The number of benzene rings is 1. The first-order chi connectivity index (χ1) is 11.7. The first-order valence-electron chi connectivity index (χ1n) is 8.21. The maximum Gasteiger partial charge on any atom is 0.266 e. The topological polar surface area (TPSA) is 60.4 Å². The van der Waals surface area contributed by atoms with Gasteiger partial charge in [-0.3, -0.25) is 4.79 Å². The quantitative estimate of drug-likeness (QED) is 0.826. The zero-order valence-electron chi connectivity index (χ0n) is 13.2. The summed E-state index contributed by atoms with van der Waals surface area (Å²) in [5.41, 5.74) is 0.862. The molecule has 128 valence electrons. The summed E-state index contributed by atoms with van der Waals surface area (Å²) >= 11 is 0. The Morgan fingerprint density at radius 2 is 1.92 bits per heavy atom. The lowest BCUT2D eigenvalue weighted by Gasteiger charge is -2.38. The summed E-state index contributed by atoms with van der Waals surface area (Å²) in [5.74, 6) is -0.983. The summed E-state index contributed by atoms with van der Waals surface area (Å²) in [5, 5.41) is 3.91. The number of likely N-dealkylation sites (tertiary alicyclic amines) is 1. The molecule has 2 saturated heterocycles. The van der Waals surface area contributed by atoms with Crippen LogP contribution in [0, 0.1) is 5.82 Å². The monoisotopic (exact) mass is 334 g/mol. The number of rotatable bonds is 2. The van der Waals surface area contributed by atoms with E-state index >= 15 is 0 Å². The number of halogens is 1. The Morgan fingerprint density at radius 3 is 2.62 bits per heavy atom. The highest BCUT2D eigenvalue weighted by Gasteiger charge is 2.42. The van der Waals surface area contributed by atoms with Crippen molar-refractivity contribution in [3.8, 4) is 0 Å². The maximum absolute atomic E-state index is 13.8. The summed E-state index contributed by atoms with van der Waals surface area (Å²) < 4.78 is 25.2. The zero-order valence-corrected chi connectivity index (χ0v) is 13.2. The summed E-state index contributed by atoms with van der Waals surface area (Å²) in [6.07, 6.45) is 0.923. The summed E-state index contributed by atoms with van der Waals surface area (Å²) in [4.78, 5) is 19.6. The van der Waals surface area contributed by atoms with Crippen molar-refractivity contribution in [1.82, 2.24) is 4.90 Å². The predicted octanol–water partition coefficient (Wildman–Crippen LogP) is 1.68. The molecule has 0 saturated carbocycles. The average Bonchev–Trinajstić information content (AvgIpc) is 3.26. The molecule has 0 N–H and O–H groups in total. The second kappa shape index (κ2) is 6.14. The van der Waals surface area contributed by atoms with Gasteiger partial charge in [0.15, 0.2) is 5.79 Å². The standard InChI is InChI=1S/C17H19FN2O4/c18-13-4-2-1-3-12(13)14-11-15(24-19-14)16(21)20-7-5-17(6-8-20)22-9-10-23-17/h1-4,15H,5-11H2/t15-/m1/s1. The number of oxime groups is 1. The van der Waals surface area contributed by atoms with Crippen LogP contribution in [-0.4, -0.2) is 54.7 Å². The molecule has 0 bridgehead atoms. The molecule has 0 radical (unpaired) electrons. The smallest absolute Gasteiger partial charge is 0.266 e. The molecule has 0 unspecified atom stereocenters. The van der Waals surface area contributed by atoms with Gasteiger partial charge in [-0.2, -0.15) is 0 Å². The molecule has 0 aromatic heterocycles. The normalized spacial score (nSPS) is 25.6. The van der Waals surface area contributed by atoms with Gasteiger partial charge in [0.05, 0.1) is 18.9 Å². The lowest BCUT2D eigenvalue weighted by Crippen LogP contribution is -2.50. The minimum atomic E-state index is -0.681. The third kappa shape index (κ3) is 2.78. The van der Waals surface area contributed by atoms with E-state index in [2.05, 4.69) is 5.16 Å². The zero-order chi connectivity index (χ0) is 16.6. The molecular formula is C17H19FN2O4. The molecule has 1 atom stereocenters. The third-order valence-electron chi connectivity index (χ3n) is 4.78. The van der Waals surface area contributed by atoms with Gasteiger partial charge in [0, 0.05) is 37.9 Å². The van der Waals surface area contributed by atoms with Crippen molar-refractivity contribution in [2.24, 2.45) is 5.16 Å². The van der Waals surface area contributed by atoms with Gasteiger partial charge in [0.25, 0.3) is 5.91 Å². The van der Waals surface area contributed by atoms with E-state index in [0.717, 1.165) is 0 Å².